The molecule has 136 valence electrons. The highest BCUT2D eigenvalue weighted by Crippen LogP contribution is 2.47. The Morgan fingerprint density at radius 1 is 1.00 bits per heavy atom. The molecule has 3 aromatic carbocycles. The van der Waals surface area contributed by atoms with Crippen molar-refractivity contribution in [3.63, 3.8) is 0 Å². The molecule has 1 heterocycles. The van der Waals surface area contributed by atoms with Crippen molar-refractivity contribution in [2.75, 3.05) is 17.0 Å². The molecule has 1 aliphatic heterocycles. The third-order valence-corrected chi connectivity index (χ3v) is 5.58. The molecule has 0 unspecified atom stereocenters. The number of carbonyl (C=O) groups is 1. The molecule has 0 saturated heterocycles. The number of carbonyl (C=O) groups excluding carboxylic acids is 1. The third kappa shape index (κ3) is 2.83. The number of para-hydroxylation sites is 1. The van der Waals surface area contributed by atoms with Gasteiger partial charge in [-0.25, -0.2) is 5.06 Å². The lowest BCUT2D eigenvalue weighted by molar-refractivity contribution is -0.125. The van der Waals surface area contributed by atoms with Gasteiger partial charge in [0, 0.05) is 29.2 Å². The summed E-state index contributed by atoms with van der Waals surface area (Å²) in [5, 5.41) is 12.5. The average molecular weight is 423 g/mol. The Morgan fingerprint density at radius 3 is 2.30 bits per heavy atom. The Labute approximate surface area is 166 Å². The highest BCUT2D eigenvalue weighted by atomic mass is 79.9. The fraction of sp³-hybridized carbons (Fsp3) is 0.136. The molecular formula is C22H19BrN2O2. The fourth-order valence-electron chi connectivity index (χ4n) is 3.77. The number of likely N-dealkylation sites (N-methyl/N-ethyl adjacent to an activating group) is 1. The van der Waals surface area contributed by atoms with Gasteiger partial charge in [0.2, 0.25) is 0 Å². The fourth-order valence-corrected chi connectivity index (χ4v) is 4.13. The summed E-state index contributed by atoms with van der Waals surface area (Å²) in [7, 11) is 1.75. The third-order valence-electron chi connectivity index (χ3n) is 5.09. The number of hydroxylamine groups is 1. The van der Waals surface area contributed by atoms with Crippen molar-refractivity contribution in [2.45, 2.75) is 12.0 Å². The minimum atomic E-state index is -1.24. The quantitative estimate of drug-likeness (QED) is 0.616. The number of fused-ring (bicyclic) bond motifs is 1. The molecular weight excluding hydrogens is 404 g/mol. The van der Waals surface area contributed by atoms with Gasteiger partial charge in [-0.15, -0.1) is 0 Å². The van der Waals surface area contributed by atoms with E-state index >= 15 is 0 Å². The Kier molecular flexibility index (Phi) is 4.50. The zero-order valence-corrected chi connectivity index (χ0v) is 16.4. The van der Waals surface area contributed by atoms with Crippen LogP contribution in [0.1, 0.15) is 11.1 Å². The lowest BCUT2D eigenvalue weighted by Crippen LogP contribution is -2.53. The van der Waals surface area contributed by atoms with Crippen LogP contribution in [0.4, 0.5) is 11.4 Å². The molecule has 0 bridgehead atoms. The SMILES string of the molecule is CN1C(=O)[C@](Cc2ccccc2)(N(O)c2ccccc2)c2cc(Br)ccc21. The Hall–Kier alpha value is -2.63. The first-order chi connectivity index (χ1) is 13.0. The van der Waals surface area contributed by atoms with Crippen LogP contribution in [0.2, 0.25) is 0 Å². The normalized spacial score (nSPS) is 18.5. The Balaban J connectivity index is 1.95. The summed E-state index contributed by atoms with van der Waals surface area (Å²) in [4.78, 5) is 15.1. The van der Waals surface area contributed by atoms with Crippen molar-refractivity contribution in [3.05, 3.63) is 94.5 Å². The molecule has 0 aliphatic carbocycles. The first kappa shape index (κ1) is 17.8. The summed E-state index contributed by atoms with van der Waals surface area (Å²) in [6, 6.07) is 24.7. The van der Waals surface area contributed by atoms with E-state index < -0.39 is 5.54 Å². The van der Waals surface area contributed by atoms with Gasteiger partial charge in [0.05, 0.1) is 5.69 Å². The zero-order valence-electron chi connectivity index (χ0n) is 14.8. The maximum atomic E-state index is 13.5. The number of rotatable bonds is 4. The second kappa shape index (κ2) is 6.83. The summed E-state index contributed by atoms with van der Waals surface area (Å²) in [6.07, 6.45) is 0.353. The van der Waals surface area contributed by atoms with E-state index in [1.807, 2.05) is 66.7 Å². The second-order valence-corrected chi connectivity index (χ2v) is 7.61. The van der Waals surface area contributed by atoms with Crippen LogP contribution in [0.5, 0.6) is 0 Å². The molecule has 1 N–H and O–H groups in total. The highest BCUT2D eigenvalue weighted by molar-refractivity contribution is 9.10. The number of hydrogen-bond donors (Lipinski definition) is 1. The Bertz CT molecular complexity index is 978. The van der Waals surface area contributed by atoms with E-state index in [-0.39, 0.29) is 5.91 Å². The van der Waals surface area contributed by atoms with Crippen molar-refractivity contribution >= 4 is 33.2 Å². The average Bonchev–Trinajstić information content (AvgIpc) is 2.91. The number of halogens is 1. The number of amides is 1. The van der Waals surface area contributed by atoms with E-state index in [1.165, 1.54) is 0 Å². The molecule has 0 radical (unpaired) electrons. The van der Waals surface area contributed by atoms with Crippen LogP contribution < -0.4 is 9.96 Å². The van der Waals surface area contributed by atoms with Crippen molar-refractivity contribution < 1.29 is 10.0 Å². The molecule has 4 nitrogen and oxygen atoms in total. The van der Waals surface area contributed by atoms with E-state index in [1.54, 1.807) is 24.1 Å². The van der Waals surface area contributed by atoms with Crippen LogP contribution in [0.15, 0.2) is 83.3 Å². The molecule has 0 fully saturated rings. The van der Waals surface area contributed by atoms with E-state index in [0.717, 1.165) is 26.4 Å². The number of nitrogens with zero attached hydrogens (tertiary/aromatic N) is 2. The lowest BCUT2D eigenvalue weighted by Gasteiger charge is -2.37. The number of benzene rings is 3. The van der Waals surface area contributed by atoms with E-state index in [2.05, 4.69) is 15.9 Å². The van der Waals surface area contributed by atoms with Crippen LogP contribution in [0.3, 0.4) is 0 Å². The summed E-state index contributed by atoms with van der Waals surface area (Å²) in [5.74, 6) is -0.161. The molecule has 0 aromatic heterocycles. The number of anilines is 2. The monoisotopic (exact) mass is 422 g/mol. The molecule has 5 heteroatoms. The molecule has 27 heavy (non-hydrogen) atoms. The molecule has 1 atom stereocenters. The first-order valence-corrected chi connectivity index (χ1v) is 9.49. The van der Waals surface area contributed by atoms with E-state index in [0.29, 0.717) is 12.1 Å². The van der Waals surface area contributed by atoms with Gasteiger partial charge in [-0.3, -0.25) is 10.0 Å². The maximum Gasteiger partial charge on any atom is 0.260 e. The first-order valence-electron chi connectivity index (χ1n) is 8.70. The summed E-state index contributed by atoms with van der Waals surface area (Å²) in [6.45, 7) is 0. The van der Waals surface area contributed by atoms with Gasteiger partial charge in [-0.05, 0) is 35.9 Å². The van der Waals surface area contributed by atoms with Crippen LogP contribution in [-0.2, 0) is 16.8 Å². The van der Waals surface area contributed by atoms with Crippen molar-refractivity contribution in [1.82, 2.24) is 0 Å². The molecule has 0 spiro atoms. The van der Waals surface area contributed by atoms with Crippen LogP contribution >= 0.6 is 15.9 Å². The highest BCUT2D eigenvalue weighted by Gasteiger charge is 2.54. The van der Waals surface area contributed by atoms with Gasteiger partial charge in [0.15, 0.2) is 5.54 Å². The van der Waals surface area contributed by atoms with Crippen LogP contribution in [0.25, 0.3) is 0 Å². The van der Waals surface area contributed by atoms with Gasteiger partial charge in [-0.1, -0.05) is 64.5 Å². The summed E-state index contributed by atoms with van der Waals surface area (Å²) in [5.41, 5.74) is 1.88. The molecule has 1 amide bonds. The van der Waals surface area contributed by atoms with Gasteiger partial charge in [0.1, 0.15) is 0 Å². The van der Waals surface area contributed by atoms with Gasteiger partial charge in [-0.2, -0.15) is 0 Å². The molecule has 0 saturated carbocycles. The standard InChI is InChI=1S/C22H19BrN2O2/c1-24-20-13-12-17(23)14-19(20)22(21(24)26,15-16-8-4-2-5-9-16)25(27)18-10-6-3-7-11-18/h2-14,27H,15H2,1H3/t22-/m1/s1. The largest absolute Gasteiger partial charge is 0.313 e. The molecule has 1 aliphatic rings. The van der Waals surface area contributed by atoms with Crippen molar-refractivity contribution in [1.29, 1.82) is 0 Å². The lowest BCUT2D eigenvalue weighted by atomic mass is 9.84. The minimum absolute atomic E-state index is 0.161. The van der Waals surface area contributed by atoms with Gasteiger partial charge in [0.25, 0.3) is 5.91 Å². The van der Waals surface area contributed by atoms with Crippen molar-refractivity contribution in [3.8, 4) is 0 Å². The number of hydrogen-bond acceptors (Lipinski definition) is 3. The zero-order chi connectivity index (χ0) is 19.0. The van der Waals surface area contributed by atoms with Crippen LogP contribution in [-0.4, -0.2) is 18.2 Å². The van der Waals surface area contributed by atoms with E-state index in [4.69, 9.17) is 0 Å². The topological polar surface area (TPSA) is 43.8 Å². The summed E-state index contributed by atoms with van der Waals surface area (Å²) < 4.78 is 0.864. The van der Waals surface area contributed by atoms with Gasteiger partial charge >= 0.3 is 0 Å². The van der Waals surface area contributed by atoms with Crippen LogP contribution in [0, 0.1) is 0 Å². The summed E-state index contributed by atoms with van der Waals surface area (Å²) >= 11 is 3.52. The molecule has 4 rings (SSSR count). The second-order valence-electron chi connectivity index (χ2n) is 6.70. The smallest absolute Gasteiger partial charge is 0.260 e. The van der Waals surface area contributed by atoms with E-state index in [9.17, 15) is 10.0 Å². The maximum absolute atomic E-state index is 13.5. The predicted octanol–water partition coefficient (Wildman–Crippen LogP) is 4.76. The Morgan fingerprint density at radius 2 is 1.63 bits per heavy atom. The molecule has 3 aromatic rings. The minimum Gasteiger partial charge on any atom is -0.313 e. The van der Waals surface area contributed by atoms with Crippen molar-refractivity contribution in [2.24, 2.45) is 0 Å². The predicted molar refractivity (Wildman–Crippen MR) is 110 cm³/mol. The van der Waals surface area contributed by atoms with Gasteiger partial charge < -0.3 is 4.90 Å².